The Morgan fingerprint density at radius 1 is 1.07 bits per heavy atom. The molecule has 0 aromatic heterocycles. The summed E-state index contributed by atoms with van der Waals surface area (Å²) in [5.41, 5.74) is 2.75. The number of amides is 2. The van der Waals surface area contributed by atoms with Gasteiger partial charge in [0.05, 0.1) is 11.7 Å². The third kappa shape index (κ3) is 4.01. The van der Waals surface area contributed by atoms with Gasteiger partial charge in [0.1, 0.15) is 12.4 Å². The third-order valence-corrected chi connectivity index (χ3v) is 5.42. The molecule has 0 fully saturated rings. The van der Waals surface area contributed by atoms with Gasteiger partial charge < -0.3 is 15.0 Å². The predicted octanol–water partition coefficient (Wildman–Crippen LogP) is 4.47. The molecule has 0 aliphatic carbocycles. The fraction of sp³-hybridized carbons (Fsp3) is 0.280. The molecule has 154 valence electrons. The Morgan fingerprint density at radius 2 is 1.83 bits per heavy atom. The molecule has 1 heterocycles. The van der Waals surface area contributed by atoms with Crippen LogP contribution in [0.1, 0.15) is 35.7 Å². The highest BCUT2D eigenvalue weighted by atomic mass is 16.5. The molecule has 0 saturated carbocycles. The zero-order valence-corrected chi connectivity index (χ0v) is 17.4. The van der Waals surface area contributed by atoms with Crippen LogP contribution in [0.4, 0.5) is 5.69 Å². The van der Waals surface area contributed by atoms with Gasteiger partial charge in [0.2, 0.25) is 5.91 Å². The van der Waals surface area contributed by atoms with Gasteiger partial charge in [-0.2, -0.15) is 0 Å². The summed E-state index contributed by atoms with van der Waals surface area (Å²) in [5, 5.41) is 5.06. The van der Waals surface area contributed by atoms with Crippen molar-refractivity contribution in [2.24, 2.45) is 0 Å². The van der Waals surface area contributed by atoms with E-state index in [2.05, 4.69) is 5.32 Å². The van der Waals surface area contributed by atoms with Crippen molar-refractivity contribution in [2.45, 2.75) is 32.7 Å². The summed E-state index contributed by atoms with van der Waals surface area (Å²) in [6, 6.07) is 19.5. The van der Waals surface area contributed by atoms with Gasteiger partial charge in [0.25, 0.3) is 5.91 Å². The maximum Gasteiger partial charge on any atom is 0.258 e. The minimum absolute atomic E-state index is 0.0159. The SMILES string of the molecule is Cc1ccccc1OC[C@H](C)NC(=O)CCCN1C(=O)c2cccc3cccc1c23. The molecule has 1 atom stereocenters. The number of carbonyl (C=O) groups is 2. The number of nitrogens with zero attached hydrogens (tertiary/aromatic N) is 1. The van der Waals surface area contributed by atoms with Crippen LogP contribution in [0.2, 0.25) is 0 Å². The van der Waals surface area contributed by atoms with Crippen molar-refractivity contribution in [3.63, 3.8) is 0 Å². The lowest BCUT2D eigenvalue weighted by Crippen LogP contribution is -2.37. The molecule has 1 aliphatic heterocycles. The van der Waals surface area contributed by atoms with Gasteiger partial charge >= 0.3 is 0 Å². The van der Waals surface area contributed by atoms with E-state index in [-0.39, 0.29) is 17.9 Å². The lowest BCUT2D eigenvalue weighted by molar-refractivity contribution is -0.121. The number of ether oxygens (including phenoxy) is 1. The first-order chi connectivity index (χ1) is 14.5. The Hall–Kier alpha value is -3.34. The Morgan fingerprint density at radius 3 is 2.63 bits per heavy atom. The second kappa shape index (κ2) is 8.57. The van der Waals surface area contributed by atoms with Gasteiger partial charge in [-0.1, -0.05) is 42.5 Å². The van der Waals surface area contributed by atoms with Gasteiger partial charge in [-0.25, -0.2) is 0 Å². The fourth-order valence-corrected chi connectivity index (χ4v) is 3.92. The van der Waals surface area contributed by atoms with Crippen LogP contribution < -0.4 is 15.0 Å². The van der Waals surface area contributed by atoms with Crippen molar-refractivity contribution in [1.82, 2.24) is 5.32 Å². The molecule has 3 aromatic carbocycles. The first kappa shape index (κ1) is 20.0. The maximum atomic E-state index is 12.8. The summed E-state index contributed by atoms with van der Waals surface area (Å²) in [7, 11) is 0. The Bertz CT molecular complexity index is 1090. The highest BCUT2D eigenvalue weighted by molar-refractivity contribution is 6.25. The van der Waals surface area contributed by atoms with Crippen LogP contribution in [0.5, 0.6) is 5.75 Å². The Kier molecular flexibility index (Phi) is 5.70. The van der Waals surface area contributed by atoms with Crippen LogP contribution in [-0.4, -0.2) is 31.0 Å². The zero-order valence-electron chi connectivity index (χ0n) is 17.4. The number of para-hydroxylation sites is 1. The molecule has 30 heavy (non-hydrogen) atoms. The summed E-state index contributed by atoms with van der Waals surface area (Å²) in [4.78, 5) is 26.9. The standard InChI is InChI=1S/C25H26N2O3/c1-17-8-3-4-13-22(17)30-16-18(2)26-23(28)14-7-15-27-21-12-6-10-19-9-5-11-20(24(19)21)25(27)29/h3-6,8-13,18H,7,14-16H2,1-2H3,(H,26,28)/t18-/m0/s1. The first-order valence-electron chi connectivity index (χ1n) is 10.4. The topological polar surface area (TPSA) is 58.6 Å². The summed E-state index contributed by atoms with van der Waals surface area (Å²) >= 11 is 0. The Balaban J connectivity index is 1.27. The normalized spacial score (nSPS) is 13.5. The van der Waals surface area contributed by atoms with E-state index in [4.69, 9.17) is 4.74 Å². The van der Waals surface area contributed by atoms with E-state index >= 15 is 0 Å². The van der Waals surface area contributed by atoms with E-state index < -0.39 is 0 Å². The molecule has 5 heteroatoms. The van der Waals surface area contributed by atoms with Crippen LogP contribution in [0.3, 0.4) is 0 Å². The van der Waals surface area contributed by atoms with Gasteiger partial charge in [0.15, 0.2) is 0 Å². The summed E-state index contributed by atoms with van der Waals surface area (Å²) in [6.45, 7) is 4.86. The predicted molar refractivity (Wildman–Crippen MR) is 119 cm³/mol. The number of nitrogens with one attached hydrogen (secondary N) is 1. The molecule has 0 spiro atoms. The molecule has 0 radical (unpaired) electrons. The molecule has 0 saturated heterocycles. The van der Waals surface area contributed by atoms with Crippen molar-refractivity contribution in [2.75, 3.05) is 18.1 Å². The van der Waals surface area contributed by atoms with Crippen LogP contribution in [0.25, 0.3) is 10.8 Å². The van der Waals surface area contributed by atoms with Crippen molar-refractivity contribution in [1.29, 1.82) is 0 Å². The number of rotatable bonds is 8. The molecule has 0 bridgehead atoms. The molecule has 1 N–H and O–H groups in total. The van der Waals surface area contributed by atoms with E-state index in [1.54, 1.807) is 4.90 Å². The van der Waals surface area contributed by atoms with Gasteiger partial charge in [-0.05, 0) is 49.4 Å². The van der Waals surface area contributed by atoms with Gasteiger partial charge in [-0.3, -0.25) is 9.59 Å². The molecule has 2 amide bonds. The van der Waals surface area contributed by atoms with Gasteiger partial charge in [-0.15, -0.1) is 0 Å². The van der Waals surface area contributed by atoms with E-state index in [0.29, 0.717) is 26.0 Å². The molecule has 5 nitrogen and oxygen atoms in total. The van der Waals surface area contributed by atoms with E-state index in [0.717, 1.165) is 33.3 Å². The molecular formula is C25H26N2O3. The summed E-state index contributed by atoms with van der Waals surface area (Å²) < 4.78 is 5.80. The fourth-order valence-electron chi connectivity index (χ4n) is 3.92. The van der Waals surface area contributed by atoms with E-state index in [1.165, 1.54) is 0 Å². The number of hydrogen-bond acceptors (Lipinski definition) is 3. The quantitative estimate of drug-likeness (QED) is 0.605. The average Bonchev–Trinajstić information content (AvgIpc) is 3.01. The summed E-state index contributed by atoms with van der Waals surface area (Å²) in [5.74, 6) is 0.820. The monoisotopic (exact) mass is 402 g/mol. The van der Waals surface area contributed by atoms with Crippen LogP contribution in [0, 0.1) is 6.92 Å². The van der Waals surface area contributed by atoms with Crippen LogP contribution >= 0.6 is 0 Å². The summed E-state index contributed by atoms with van der Waals surface area (Å²) in [6.07, 6.45) is 0.970. The van der Waals surface area contributed by atoms with Crippen molar-refractivity contribution in [3.8, 4) is 5.75 Å². The smallest absolute Gasteiger partial charge is 0.258 e. The zero-order chi connectivity index (χ0) is 21.1. The van der Waals surface area contributed by atoms with E-state index in [1.807, 2.05) is 74.5 Å². The largest absolute Gasteiger partial charge is 0.491 e. The highest BCUT2D eigenvalue weighted by Crippen LogP contribution is 2.37. The van der Waals surface area contributed by atoms with Crippen LogP contribution in [-0.2, 0) is 4.79 Å². The number of aryl methyl sites for hydroxylation is 1. The molecular weight excluding hydrogens is 376 g/mol. The second-order valence-corrected chi connectivity index (χ2v) is 7.79. The number of benzene rings is 3. The molecule has 0 unspecified atom stereocenters. The number of carbonyl (C=O) groups excluding carboxylic acids is 2. The molecule has 1 aliphatic rings. The first-order valence-corrected chi connectivity index (χ1v) is 10.4. The minimum Gasteiger partial charge on any atom is -0.491 e. The van der Waals surface area contributed by atoms with E-state index in [9.17, 15) is 9.59 Å². The Labute approximate surface area is 176 Å². The molecule has 3 aromatic rings. The average molecular weight is 402 g/mol. The van der Waals surface area contributed by atoms with Crippen molar-refractivity contribution >= 4 is 28.3 Å². The molecule has 4 rings (SSSR count). The number of anilines is 1. The lowest BCUT2D eigenvalue weighted by Gasteiger charge is -2.19. The second-order valence-electron chi connectivity index (χ2n) is 7.79. The minimum atomic E-state index is -0.0940. The van der Waals surface area contributed by atoms with Crippen molar-refractivity contribution in [3.05, 3.63) is 71.8 Å². The van der Waals surface area contributed by atoms with Crippen molar-refractivity contribution < 1.29 is 14.3 Å². The van der Waals surface area contributed by atoms with Crippen LogP contribution in [0.15, 0.2) is 60.7 Å². The lowest BCUT2D eigenvalue weighted by atomic mass is 10.1. The van der Waals surface area contributed by atoms with Gasteiger partial charge in [0, 0.05) is 23.9 Å². The third-order valence-electron chi connectivity index (χ3n) is 5.42. The highest BCUT2D eigenvalue weighted by Gasteiger charge is 2.29. The number of hydrogen-bond donors (Lipinski definition) is 1. The maximum absolute atomic E-state index is 12.8.